The van der Waals surface area contributed by atoms with Gasteiger partial charge in [0.15, 0.2) is 0 Å². The van der Waals surface area contributed by atoms with E-state index in [4.69, 9.17) is 0 Å². The Morgan fingerprint density at radius 1 is 1.04 bits per heavy atom. The number of rotatable bonds is 8. The molecule has 2 aliphatic rings. The topological polar surface area (TPSA) is 37.3 Å². The van der Waals surface area contributed by atoms with Crippen LogP contribution in [0.5, 0.6) is 0 Å². The van der Waals surface area contributed by atoms with Crippen LogP contribution < -0.4 is 0 Å². The van der Waals surface area contributed by atoms with Crippen molar-refractivity contribution in [3.8, 4) is 0 Å². The molecule has 2 rings (SSSR count). The Balaban J connectivity index is 0.000000231. The van der Waals surface area contributed by atoms with Crippen LogP contribution in [0.1, 0.15) is 97.8 Å². The van der Waals surface area contributed by atoms with E-state index < -0.39 is 5.60 Å². The van der Waals surface area contributed by atoms with E-state index in [1.165, 1.54) is 44.9 Å². The average molecular weight is 321 g/mol. The number of carbonyl (C=O) groups is 1. The lowest BCUT2D eigenvalue weighted by molar-refractivity contribution is -0.117. The molecule has 2 aliphatic carbocycles. The summed E-state index contributed by atoms with van der Waals surface area (Å²) < 4.78 is 0. The van der Waals surface area contributed by atoms with Gasteiger partial charge in [-0.05, 0) is 91.4 Å². The SMILES string of the molecule is CC(=O)CCCC1=CCCC1.CC(C)(O)CCCC1=CCCC1. The van der Waals surface area contributed by atoms with Crippen LogP contribution in [0.3, 0.4) is 0 Å². The molecule has 0 unspecified atom stereocenters. The quantitative estimate of drug-likeness (QED) is 0.566. The summed E-state index contributed by atoms with van der Waals surface area (Å²) in [5.41, 5.74) is 2.71. The highest BCUT2D eigenvalue weighted by Gasteiger charge is 2.12. The van der Waals surface area contributed by atoms with Gasteiger partial charge in [-0.2, -0.15) is 0 Å². The molecule has 1 N–H and O–H groups in total. The first kappa shape index (κ1) is 20.2. The molecular weight excluding hydrogens is 284 g/mol. The molecule has 23 heavy (non-hydrogen) atoms. The first-order valence-electron chi connectivity index (χ1n) is 9.44. The molecule has 2 heteroatoms. The molecular formula is C21H36O2. The zero-order valence-electron chi connectivity index (χ0n) is 15.5. The summed E-state index contributed by atoms with van der Waals surface area (Å²) in [7, 11) is 0. The minimum Gasteiger partial charge on any atom is -0.390 e. The molecule has 0 radical (unpaired) electrons. The predicted octanol–water partition coefficient (Wildman–Crippen LogP) is 5.89. The maximum absolute atomic E-state index is 10.6. The van der Waals surface area contributed by atoms with E-state index in [1.807, 2.05) is 13.8 Å². The molecule has 0 saturated carbocycles. The average Bonchev–Trinajstić information content (AvgIpc) is 3.10. The van der Waals surface area contributed by atoms with Crippen LogP contribution in [-0.2, 0) is 4.79 Å². The second-order valence-electron chi connectivity index (χ2n) is 7.73. The van der Waals surface area contributed by atoms with Crippen LogP contribution >= 0.6 is 0 Å². The molecule has 0 amide bonds. The molecule has 2 nitrogen and oxygen atoms in total. The van der Waals surface area contributed by atoms with Crippen molar-refractivity contribution in [3.63, 3.8) is 0 Å². The number of ketones is 1. The lowest BCUT2D eigenvalue weighted by atomic mass is 9.99. The molecule has 0 atom stereocenters. The second kappa shape index (κ2) is 10.8. The Labute approximate surface area is 143 Å². The smallest absolute Gasteiger partial charge is 0.129 e. The lowest BCUT2D eigenvalue weighted by Gasteiger charge is -2.16. The van der Waals surface area contributed by atoms with E-state index in [9.17, 15) is 9.90 Å². The molecule has 0 aromatic heterocycles. The highest BCUT2D eigenvalue weighted by molar-refractivity contribution is 5.75. The molecule has 0 aromatic carbocycles. The number of allylic oxidation sites excluding steroid dienone is 4. The number of carbonyl (C=O) groups excluding carboxylic acids is 1. The van der Waals surface area contributed by atoms with E-state index in [1.54, 1.807) is 18.1 Å². The maximum atomic E-state index is 10.6. The summed E-state index contributed by atoms with van der Waals surface area (Å²) in [5.74, 6) is 0.323. The Bertz CT molecular complexity index is 410. The highest BCUT2D eigenvalue weighted by atomic mass is 16.3. The third-order valence-electron chi connectivity index (χ3n) is 4.58. The molecule has 0 spiro atoms. The molecule has 0 aromatic rings. The van der Waals surface area contributed by atoms with Gasteiger partial charge < -0.3 is 9.90 Å². The minimum absolute atomic E-state index is 0.323. The number of hydrogen-bond donors (Lipinski definition) is 1. The molecule has 0 fully saturated rings. The Kier molecular flexibility index (Phi) is 9.47. The van der Waals surface area contributed by atoms with E-state index in [2.05, 4.69) is 12.2 Å². The first-order chi connectivity index (χ1) is 10.9. The fourth-order valence-corrected chi connectivity index (χ4v) is 3.24. The van der Waals surface area contributed by atoms with E-state index in [0.29, 0.717) is 5.78 Å². The summed E-state index contributed by atoms with van der Waals surface area (Å²) in [6.07, 6.45) is 18.7. The van der Waals surface area contributed by atoms with Crippen molar-refractivity contribution < 1.29 is 9.90 Å². The van der Waals surface area contributed by atoms with Gasteiger partial charge in [0.05, 0.1) is 5.60 Å². The molecule has 132 valence electrons. The van der Waals surface area contributed by atoms with Crippen LogP contribution in [0.15, 0.2) is 23.3 Å². The van der Waals surface area contributed by atoms with Gasteiger partial charge in [-0.1, -0.05) is 23.3 Å². The van der Waals surface area contributed by atoms with Gasteiger partial charge in [0, 0.05) is 6.42 Å². The van der Waals surface area contributed by atoms with Gasteiger partial charge in [-0.3, -0.25) is 0 Å². The van der Waals surface area contributed by atoms with Crippen molar-refractivity contribution in [3.05, 3.63) is 23.3 Å². The third-order valence-corrected chi connectivity index (χ3v) is 4.58. The van der Waals surface area contributed by atoms with Crippen LogP contribution in [0.4, 0.5) is 0 Å². The van der Waals surface area contributed by atoms with Gasteiger partial charge in [-0.25, -0.2) is 0 Å². The van der Waals surface area contributed by atoms with E-state index >= 15 is 0 Å². The maximum Gasteiger partial charge on any atom is 0.129 e. The monoisotopic (exact) mass is 320 g/mol. The standard InChI is InChI=1S/C11H20O.C10H16O/c1-11(2,12)9-5-8-10-6-3-4-7-10;1-9(11)5-4-8-10-6-2-3-7-10/h6,12H,3-5,7-9H2,1-2H3;6H,2-5,7-8H2,1H3. The van der Waals surface area contributed by atoms with Gasteiger partial charge in [-0.15, -0.1) is 0 Å². The van der Waals surface area contributed by atoms with Crippen molar-refractivity contribution in [1.82, 2.24) is 0 Å². The third kappa shape index (κ3) is 11.3. The first-order valence-corrected chi connectivity index (χ1v) is 9.44. The number of aliphatic hydroxyl groups is 1. The summed E-state index contributed by atoms with van der Waals surface area (Å²) in [6, 6.07) is 0. The number of Topliss-reactive ketones (excluding diaryl/α,β-unsaturated/α-hetero) is 1. The minimum atomic E-state index is -0.473. The summed E-state index contributed by atoms with van der Waals surface area (Å²) >= 11 is 0. The predicted molar refractivity (Wildman–Crippen MR) is 98.5 cm³/mol. The largest absolute Gasteiger partial charge is 0.390 e. The van der Waals surface area contributed by atoms with Crippen LogP contribution in [0.2, 0.25) is 0 Å². The molecule has 0 aliphatic heterocycles. The zero-order valence-corrected chi connectivity index (χ0v) is 15.5. The van der Waals surface area contributed by atoms with E-state index in [-0.39, 0.29) is 0 Å². The Hall–Kier alpha value is -0.890. The van der Waals surface area contributed by atoms with Gasteiger partial charge >= 0.3 is 0 Å². The van der Waals surface area contributed by atoms with Crippen molar-refractivity contribution >= 4 is 5.78 Å². The Morgan fingerprint density at radius 2 is 1.57 bits per heavy atom. The van der Waals surface area contributed by atoms with Gasteiger partial charge in [0.2, 0.25) is 0 Å². The summed E-state index contributed by atoms with van der Waals surface area (Å²) in [5, 5.41) is 9.47. The number of hydrogen-bond acceptors (Lipinski definition) is 2. The Morgan fingerprint density at radius 3 is 1.96 bits per heavy atom. The van der Waals surface area contributed by atoms with Crippen LogP contribution in [0.25, 0.3) is 0 Å². The van der Waals surface area contributed by atoms with E-state index in [0.717, 1.165) is 32.1 Å². The van der Waals surface area contributed by atoms with Crippen molar-refractivity contribution in [1.29, 1.82) is 0 Å². The highest BCUT2D eigenvalue weighted by Crippen LogP contribution is 2.24. The molecule has 0 heterocycles. The lowest BCUT2D eigenvalue weighted by Crippen LogP contribution is -2.17. The normalized spacial score (nSPS) is 17.4. The van der Waals surface area contributed by atoms with Crippen molar-refractivity contribution in [2.75, 3.05) is 0 Å². The fourth-order valence-electron chi connectivity index (χ4n) is 3.24. The van der Waals surface area contributed by atoms with Crippen LogP contribution in [0, 0.1) is 0 Å². The van der Waals surface area contributed by atoms with Gasteiger partial charge in [0.1, 0.15) is 5.78 Å². The summed E-state index contributed by atoms with van der Waals surface area (Å²) in [6.45, 7) is 5.44. The van der Waals surface area contributed by atoms with Crippen molar-refractivity contribution in [2.24, 2.45) is 0 Å². The van der Waals surface area contributed by atoms with Crippen molar-refractivity contribution in [2.45, 2.75) is 103 Å². The fraction of sp³-hybridized carbons (Fsp3) is 0.762. The zero-order chi connectivity index (χ0) is 17.1. The molecule has 0 saturated heterocycles. The van der Waals surface area contributed by atoms with Crippen LogP contribution in [-0.4, -0.2) is 16.5 Å². The second-order valence-corrected chi connectivity index (χ2v) is 7.73. The van der Waals surface area contributed by atoms with Gasteiger partial charge in [0.25, 0.3) is 0 Å². The summed E-state index contributed by atoms with van der Waals surface area (Å²) in [4.78, 5) is 10.6. The molecule has 0 bridgehead atoms.